The fourth-order valence-electron chi connectivity index (χ4n) is 8.65. The van der Waals surface area contributed by atoms with Crippen molar-refractivity contribution < 1.29 is 10.2 Å². The number of hydrogen-bond acceptors (Lipinski definition) is 3. The van der Waals surface area contributed by atoms with Gasteiger partial charge in [0.2, 0.25) is 0 Å². The zero-order valence-corrected chi connectivity index (χ0v) is 19.0. The maximum absolute atomic E-state index is 11.6. The summed E-state index contributed by atoms with van der Waals surface area (Å²) < 4.78 is 0. The third kappa shape index (κ3) is 3.12. The zero-order chi connectivity index (χ0) is 21.1. The fourth-order valence-corrected chi connectivity index (χ4v) is 8.65. The molecule has 0 aliphatic heterocycles. The maximum atomic E-state index is 11.6. The van der Waals surface area contributed by atoms with Crippen LogP contribution in [-0.2, 0) is 6.42 Å². The van der Waals surface area contributed by atoms with E-state index in [2.05, 4.69) is 37.0 Å². The molecule has 1 aromatic heterocycles. The molecule has 166 valence electrons. The molecule has 3 saturated carbocycles. The molecule has 30 heavy (non-hydrogen) atoms. The van der Waals surface area contributed by atoms with Crippen LogP contribution in [0.2, 0.25) is 0 Å². The minimum absolute atomic E-state index is 0.129. The number of hydrogen-bond donors (Lipinski definition) is 3. The van der Waals surface area contributed by atoms with Crippen LogP contribution in [0.4, 0.5) is 0 Å². The van der Waals surface area contributed by atoms with E-state index in [0.29, 0.717) is 11.3 Å². The molecule has 0 bridgehead atoms. The predicted molar refractivity (Wildman–Crippen MR) is 119 cm³/mol. The number of allylic oxidation sites excluding steroid dienone is 1. The summed E-state index contributed by atoms with van der Waals surface area (Å²) in [5.41, 5.74) is 2.58. The van der Waals surface area contributed by atoms with E-state index in [4.69, 9.17) is 0 Å². The van der Waals surface area contributed by atoms with Crippen molar-refractivity contribution in [1.82, 2.24) is 10.2 Å². The van der Waals surface area contributed by atoms with Crippen LogP contribution in [0.1, 0.15) is 84.3 Å². The predicted octanol–water partition coefficient (Wildman–Crippen LogP) is 5.03. The lowest BCUT2D eigenvalue weighted by atomic mass is 9.46. The van der Waals surface area contributed by atoms with Crippen molar-refractivity contribution in [3.8, 4) is 0 Å². The largest absolute Gasteiger partial charge is 0.393 e. The summed E-state index contributed by atoms with van der Waals surface area (Å²) in [6.07, 6.45) is 15.0. The minimum Gasteiger partial charge on any atom is -0.393 e. The summed E-state index contributed by atoms with van der Waals surface area (Å²) in [4.78, 5) is 0. The molecule has 0 amide bonds. The van der Waals surface area contributed by atoms with Gasteiger partial charge in [-0.2, -0.15) is 5.10 Å². The van der Waals surface area contributed by atoms with Crippen LogP contribution < -0.4 is 0 Å². The molecule has 0 radical (unpaired) electrons. The maximum Gasteiger partial charge on any atom is 0.0656 e. The summed E-state index contributed by atoms with van der Waals surface area (Å²) in [5, 5.41) is 28.9. The smallest absolute Gasteiger partial charge is 0.0656 e. The molecule has 4 heteroatoms. The van der Waals surface area contributed by atoms with Crippen molar-refractivity contribution in [2.24, 2.45) is 34.5 Å². The van der Waals surface area contributed by atoms with Crippen LogP contribution in [0.25, 0.3) is 0 Å². The number of rotatable bonds is 4. The van der Waals surface area contributed by atoms with E-state index in [1.807, 2.05) is 6.07 Å². The molecular weight excluding hydrogens is 372 g/mol. The number of aryl methyl sites for hydroxylation is 1. The van der Waals surface area contributed by atoms with Gasteiger partial charge in [-0.05, 0) is 112 Å². The van der Waals surface area contributed by atoms with Crippen LogP contribution in [0.5, 0.6) is 0 Å². The second-order valence-electron chi connectivity index (χ2n) is 11.8. The number of aliphatic hydroxyl groups is 2. The van der Waals surface area contributed by atoms with Gasteiger partial charge in [0.1, 0.15) is 0 Å². The lowest BCUT2D eigenvalue weighted by Crippen LogP contribution is -2.53. The number of nitrogens with zero attached hydrogens (tertiary/aromatic N) is 1. The number of aliphatic hydroxyl groups excluding tert-OH is 1. The van der Waals surface area contributed by atoms with Crippen LogP contribution in [-0.4, -0.2) is 32.1 Å². The highest BCUT2D eigenvalue weighted by atomic mass is 16.3. The SMILES string of the molecule is C[C@]12CC[C@H]3[C@@H](CC=C4C[C@@H](O)CC[C@@]43C)[C@@H]1CC[C@@H]2[C@](C)(O)CCc1ccn[nH]1. The Labute approximate surface area is 181 Å². The molecule has 0 spiro atoms. The highest BCUT2D eigenvalue weighted by Crippen LogP contribution is 2.67. The van der Waals surface area contributed by atoms with E-state index >= 15 is 0 Å². The molecule has 1 heterocycles. The van der Waals surface area contributed by atoms with Crippen molar-refractivity contribution >= 4 is 0 Å². The Morgan fingerprint density at radius 2 is 2.00 bits per heavy atom. The van der Waals surface area contributed by atoms with Crippen LogP contribution in [0.15, 0.2) is 23.9 Å². The summed E-state index contributed by atoms with van der Waals surface area (Å²) >= 11 is 0. The third-order valence-electron chi connectivity index (χ3n) is 10.3. The van der Waals surface area contributed by atoms with E-state index in [9.17, 15) is 10.2 Å². The molecule has 4 aliphatic rings. The fraction of sp³-hybridized carbons (Fsp3) is 0.808. The number of aromatic amines is 1. The first-order valence-corrected chi connectivity index (χ1v) is 12.3. The number of H-pyrrole nitrogens is 1. The highest BCUT2D eigenvalue weighted by Gasteiger charge is 2.61. The van der Waals surface area contributed by atoms with Crippen LogP contribution in [0.3, 0.4) is 0 Å². The lowest BCUT2D eigenvalue weighted by molar-refractivity contribution is -0.104. The van der Waals surface area contributed by atoms with Gasteiger partial charge in [-0.15, -0.1) is 0 Å². The summed E-state index contributed by atoms with van der Waals surface area (Å²) in [5.74, 6) is 2.62. The highest BCUT2D eigenvalue weighted by molar-refractivity contribution is 5.25. The van der Waals surface area contributed by atoms with Crippen LogP contribution in [0, 0.1) is 34.5 Å². The summed E-state index contributed by atoms with van der Waals surface area (Å²) in [6, 6.07) is 2.02. The van der Waals surface area contributed by atoms with Crippen molar-refractivity contribution in [1.29, 1.82) is 0 Å². The minimum atomic E-state index is -0.629. The molecule has 1 aromatic rings. The average molecular weight is 413 g/mol. The quantitative estimate of drug-likeness (QED) is 0.607. The molecule has 0 aromatic carbocycles. The monoisotopic (exact) mass is 412 g/mol. The molecule has 8 atom stereocenters. The van der Waals surface area contributed by atoms with Gasteiger partial charge in [0.15, 0.2) is 0 Å². The van der Waals surface area contributed by atoms with Crippen molar-refractivity contribution in [3.05, 3.63) is 29.6 Å². The first-order valence-electron chi connectivity index (χ1n) is 12.3. The Kier molecular flexibility index (Phi) is 4.98. The average Bonchev–Trinajstić information content (AvgIpc) is 3.34. The van der Waals surface area contributed by atoms with Gasteiger partial charge in [-0.25, -0.2) is 0 Å². The summed E-state index contributed by atoms with van der Waals surface area (Å²) in [7, 11) is 0. The zero-order valence-electron chi connectivity index (χ0n) is 19.0. The molecule has 0 saturated heterocycles. The molecule has 4 nitrogen and oxygen atoms in total. The first kappa shape index (κ1) is 20.8. The lowest BCUT2D eigenvalue weighted by Gasteiger charge is -2.59. The summed E-state index contributed by atoms with van der Waals surface area (Å²) in [6.45, 7) is 7.09. The first-order chi connectivity index (χ1) is 14.2. The topological polar surface area (TPSA) is 69.1 Å². The molecule has 3 fully saturated rings. The van der Waals surface area contributed by atoms with Crippen molar-refractivity contribution in [2.45, 2.75) is 96.7 Å². The van der Waals surface area contributed by atoms with Gasteiger partial charge in [0, 0.05) is 11.9 Å². The van der Waals surface area contributed by atoms with Gasteiger partial charge >= 0.3 is 0 Å². The van der Waals surface area contributed by atoms with E-state index in [-0.39, 0.29) is 11.5 Å². The molecule has 3 N–H and O–H groups in total. The van der Waals surface area contributed by atoms with Gasteiger partial charge in [0.05, 0.1) is 11.7 Å². The van der Waals surface area contributed by atoms with E-state index < -0.39 is 5.60 Å². The van der Waals surface area contributed by atoms with Crippen LogP contribution >= 0.6 is 0 Å². The molecule has 0 unspecified atom stereocenters. The van der Waals surface area contributed by atoms with Crippen molar-refractivity contribution in [2.75, 3.05) is 0 Å². The van der Waals surface area contributed by atoms with E-state index in [0.717, 1.165) is 62.0 Å². The Morgan fingerprint density at radius 1 is 1.17 bits per heavy atom. The number of nitrogens with one attached hydrogen (secondary N) is 1. The van der Waals surface area contributed by atoms with E-state index in [1.54, 1.807) is 11.8 Å². The van der Waals surface area contributed by atoms with Gasteiger partial charge < -0.3 is 10.2 Å². The Bertz CT molecular complexity index is 800. The second-order valence-corrected chi connectivity index (χ2v) is 11.8. The van der Waals surface area contributed by atoms with Gasteiger partial charge in [-0.3, -0.25) is 5.10 Å². The number of fused-ring (bicyclic) bond motifs is 5. The second kappa shape index (κ2) is 7.20. The van der Waals surface area contributed by atoms with E-state index in [1.165, 1.54) is 25.7 Å². The van der Waals surface area contributed by atoms with Crippen molar-refractivity contribution in [3.63, 3.8) is 0 Å². The molecular formula is C26H40N2O2. The standard InChI is InChI=1S/C26H40N2O2/c1-24-12-9-19(29)16-17(24)4-5-20-21-6-7-23(25(21,2)13-10-22(20)24)26(3,30)14-8-18-11-15-27-28-18/h4,11,15,19-23,29-30H,5-10,12-14,16H2,1-3H3,(H,27,28)/t19-,20-,21-,22-,23-,24-,25-,26+/m0/s1. The molecule has 4 aliphatic carbocycles. The molecule has 5 rings (SSSR count). The number of aromatic nitrogens is 2. The van der Waals surface area contributed by atoms with Gasteiger partial charge in [0.25, 0.3) is 0 Å². The normalized spacial score (nSPS) is 45.1. The van der Waals surface area contributed by atoms with Gasteiger partial charge in [-0.1, -0.05) is 25.5 Å². The third-order valence-corrected chi connectivity index (χ3v) is 10.3. The Hall–Kier alpha value is -1.13. The Balaban J connectivity index is 1.36. The Morgan fingerprint density at radius 3 is 2.77 bits per heavy atom.